The maximum absolute atomic E-state index is 11.8. The van der Waals surface area contributed by atoms with Crippen LogP contribution >= 0.6 is 11.3 Å². The lowest BCUT2D eigenvalue weighted by atomic mass is 10.1. The fourth-order valence-corrected chi connectivity index (χ4v) is 2.25. The number of nitrogens with two attached hydrogens (primary N) is 1. The quantitative estimate of drug-likeness (QED) is 0.750. The molecule has 0 aliphatic heterocycles. The SMILES string of the molecule is Cc1sc(C)c(C(=O)OC(C)(C)C)c1N. The van der Waals surface area contributed by atoms with E-state index in [2.05, 4.69) is 0 Å². The summed E-state index contributed by atoms with van der Waals surface area (Å²) in [5.74, 6) is -0.332. The topological polar surface area (TPSA) is 52.3 Å². The maximum atomic E-state index is 11.8. The van der Waals surface area contributed by atoms with Gasteiger partial charge < -0.3 is 10.5 Å². The molecule has 1 heterocycles. The number of hydrogen-bond donors (Lipinski definition) is 1. The molecular formula is C11H17NO2S. The third-order valence-electron chi connectivity index (χ3n) is 1.91. The summed E-state index contributed by atoms with van der Waals surface area (Å²) in [6.45, 7) is 9.31. The van der Waals surface area contributed by atoms with Crippen LogP contribution < -0.4 is 5.73 Å². The summed E-state index contributed by atoms with van der Waals surface area (Å²) in [5, 5.41) is 0. The Balaban J connectivity index is 3.02. The molecule has 1 rings (SSSR count). The van der Waals surface area contributed by atoms with E-state index >= 15 is 0 Å². The highest BCUT2D eigenvalue weighted by atomic mass is 32.1. The van der Waals surface area contributed by atoms with Crippen molar-refractivity contribution >= 4 is 23.0 Å². The number of esters is 1. The Morgan fingerprint density at radius 3 is 2.13 bits per heavy atom. The number of rotatable bonds is 1. The number of thiophene rings is 1. The van der Waals surface area contributed by atoms with Crippen molar-refractivity contribution in [2.45, 2.75) is 40.2 Å². The van der Waals surface area contributed by atoms with Crippen molar-refractivity contribution in [1.29, 1.82) is 0 Å². The number of carbonyl (C=O) groups is 1. The van der Waals surface area contributed by atoms with Crippen molar-refractivity contribution < 1.29 is 9.53 Å². The molecule has 84 valence electrons. The van der Waals surface area contributed by atoms with E-state index in [1.807, 2.05) is 34.6 Å². The summed E-state index contributed by atoms with van der Waals surface area (Å²) in [4.78, 5) is 13.7. The summed E-state index contributed by atoms with van der Waals surface area (Å²) < 4.78 is 5.29. The molecule has 0 unspecified atom stereocenters. The third kappa shape index (κ3) is 2.72. The van der Waals surface area contributed by atoms with Crippen LogP contribution in [-0.4, -0.2) is 11.6 Å². The van der Waals surface area contributed by atoms with Gasteiger partial charge in [0.2, 0.25) is 0 Å². The van der Waals surface area contributed by atoms with Crippen LogP contribution in [0.25, 0.3) is 0 Å². The van der Waals surface area contributed by atoms with Gasteiger partial charge in [0, 0.05) is 9.75 Å². The first-order valence-corrected chi connectivity index (χ1v) is 5.63. The fraction of sp³-hybridized carbons (Fsp3) is 0.545. The van der Waals surface area contributed by atoms with Gasteiger partial charge in [-0.15, -0.1) is 11.3 Å². The number of carbonyl (C=O) groups excluding carboxylic acids is 1. The second kappa shape index (κ2) is 3.85. The highest BCUT2D eigenvalue weighted by molar-refractivity contribution is 7.12. The summed E-state index contributed by atoms with van der Waals surface area (Å²) >= 11 is 1.52. The van der Waals surface area contributed by atoms with E-state index < -0.39 is 5.60 Å². The normalized spacial score (nSPS) is 11.5. The first-order valence-electron chi connectivity index (χ1n) is 4.81. The molecule has 1 aromatic rings. The maximum Gasteiger partial charge on any atom is 0.341 e. The molecule has 0 aliphatic rings. The van der Waals surface area contributed by atoms with Gasteiger partial charge in [0.1, 0.15) is 5.60 Å². The zero-order valence-corrected chi connectivity index (χ0v) is 10.6. The van der Waals surface area contributed by atoms with E-state index in [1.165, 1.54) is 11.3 Å². The molecule has 0 spiro atoms. The fourth-order valence-electron chi connectivity index (χ4n) is 1.28. The van der Waals surface area contributed by atoms with Gasteiger partial charge in [-0.1, -0.05) is 0 Å². The van der Waals surface area contributed by atoms with Crippen molar-refractivity contribution in [3.05, 3.63) is 15.3 Å². The standard InChI is InChI=1S/C11H17NO2S/c1-6-8(9(12)7(2)15-6)10(13)14-11(3,4)5/h12H2,1-5H3. The predicted octanol–water partition coefficient (Wildman–Crippen LogP) is 2.90. The highest BCUT2D eigenvalue weighted by Gasteiger charge is 2.23. The molecular weight excluding hydrogens is 210 g/mol. The Labute approximate surface area is 94.2 Å². The van der Waals surface area contributed by atoms with Gasteiger partial charge in [-0.3, -0.25) is 0 Å². The molecule has 0 aliphatic carbocycles. The second-order valence-electron chi connectivity index (χ2n) is 4.51. The monoisotopic (exact) mass is 227 g/mol. The number of aryl methyl sites for hydroxylation is 2. The smallest absolute Gasteiger partial charge is 0.341 e. The molecule has 0 saturated carbocycles. The lowest BCUT2D eigenvalue weighted by molar-refractivity contribution is 0.00707. The van der Waals surface area contributed by atoms with Crippen LogP contribution in [0.1, 0.15) is 40.9 Å². The molecule has 0 amide bonds. The van der Waals surface area contributed by atoms with Crippen LogP contribution in [-0.2, 0) is 4.74 Å². The van der Waals surface area contributed by atoms with Crippen molar-refractivity contribution in [2.24, 2.45) is 0 Å². The van der Waals surface area contributed by atoms with Gasteiger partial charge in [-0.25, -0.2) is 4.79 Å². The van der Waals surface area contributed by atoms with E-state index in [-0.39, 0.29) is 5.97 Å². The Morgan fingerprint density at radius 2 is 1.80 bits per heavy atom. The molecule has 0 radical (unpaired) electrons. The van der Waals surface area contributed by atoms with Crippen molar-refractivity contribution in [3.8, 4) is 0 Å². The van der Waals surface area contributed by atoms with Crippen LogP contribution in [0.5, 0.6) is 0 Å². The lowest BCUT2D eigenvalue weighted by Gasteiger charge is -2.19. The molecule has 0 bridgehead atoms. The number of ether oxygens (including phenoxy) is 1. The Kier molecular flexibility index (Phi) is 3.09. The number of anilines is 1. The summed E-state index contributed by atoms with van der Waals surface area (Å²) in [7, 11) is 0. The van der Waals surface area contributed by atoms with Crippen molar-refractivity contribution in [1.82, 2.24) is 0 Å². The van der Waals surface area contributed by atoms with Crippen LogP contribution in [0.4, 0.5) is 5.69 Å². The first-order chi connectivity index (χ1) is 6.72. The van der Waals surface area contributed by atoms with E-state index in [0.29, 0.717) is 11.3 Å². The van der Waals surface area contributed by atoms with Gasteiger partial charge in [0.25, 0.3) is 0 Å². The van der Waals surface area contributed by atoms with Gasteiger partial charge in [0.05, 0.1) is 11.3 Å². The minimum absolute atomic E-state index is 0.332. The number of nitrogen functional groups attached to an aromatic ring is 1. The zero-order valence-electron chi connectivity index (χ0n) is 9.80. The van der Waals surface area contributed by atoms with Gasteiger partial charge >= 0.3 is 5.97 Å². The Morgan fingerprint density at radius 1 is 1.27 bits per heavy atom. The van der Waals surface area contributed by atoms with Crippen LogP contribution in [0.2, 0.25) is 0 Å². The van der Waals surface area contributed by atoms with Crippen LogP contribution in [0.3, 0.4) is 0 Å². The molecule has 0 atom stereocenters. The molecule has 0 aromatic carbocycles. The molecule has 4 heteroatoms. The van der Waals surface area contributed by atoms with Crippen molar-refractivity contribution in [3.63, 3.8) is 0 Å². The highest BCUT2D eigenvalue weighted by Crippen LogP contribution is 2.30. The molecule has 0 saturated heterocycles. The van der Waals surface area contributed by atoms with Crippen molar-refractivity contribution in [2.75, 3.05) is 5.73 Å². The first kappa shape index (κ1) is 12.0. The lowest BCUT2D eigenvalue weighted by Crippen LogP contribution is -2.24. The summed E-state index contributed by atoms with van der Waals surface area (Å²) in [6.07, 6.45) is 0. The zero-order chi connectivity index (χ0) is 11.8. The van der Waals surface area contributed by atoms with Crippen LogP contribution in [0.15, 0.2) is 0 Å². The number of hydrogen-bond acceptors (Lipinski definition) is 4. The Bertz CT molecular complexity index is 388. The molecule has 1 aromatic heterocycles. The molecule has 15 heavy (non-hydrogen) atoms. The van der Waals surface area contributed by atoms with Gasteiger partial charge in [0.15, 0.2) is 0 Å². The van der Waals surface area contributed by atoms with E-state index in [4.69, 9.17) is 10.5 Å². The largest absolute Gasteiger partial charge is 0.456 e. The summed E-state index contributed by atoms with van der Waals surface area (Å²) in [5.41, 5.74) is 6.42. The van der Waals surface area contributed by atoms with E-state index in [9.17, 15) is 4.79 Å². The molecule has 2 N–H and O–H groups in total. The average molecular weight is 227 g/mol. The average Bonchev–Trinajstić information content (AvgIpc) is 2.22. The summed E-state index contributed by atoms with van der Waals surface area (Å²) in [6, 6.07) is 0. The molecule has 0 fully saturated rings. The second-order valence-corrected chi connectivity index (χ2v) is 5.93. The minimum atomic E-state index is -0.480. The van der Waals surface area contributed by atoms with Gasteiger partial charge in [-0.2, -0.15) is 0 Å². The molecule has 3 nitrogen and oxygen atoms in total. The van der Waals surface area contributed by atoms with E-state index in [1.54, 1.807) is 0 Å². The van der Waals surface area contributed by atoms with Gasteiger partial charge in [-0.05, 0) is 34.6 Å². The van der Waals surface area contributed by atoms with Crippen LogP contribution in [0, 0.1) is 13.8 Å². The Hall–Kier alpha value is -1.03. The third-order valence-corrected chi connectivity index (χ3v) is 2.95. The minimum Gasteiger partial charge on any atom is -0.456 e. The predicted molar refractivity (Wildman–Crippen MR) is 63.4 cm³/mol. The van der Waals surface area contributed by atoms with E-state index in [0.717, 1.165) is 9.75 Å².